The minimum absolute atomic E-state index is 0.0600. The molecular formula is C11H15N3O4S. The number of hydrogen-bond donors (Lipinski definition) is 4. The summed E-state index contributed by atoms with van der Waals surface area (Å²) in [6.07, 6.45) is 0. The summed E-state index contributed by atoms with van der Waals surface area (Å²) in [6.45, 7) is 0.349. The number of aliphatic hydroxyl groups excluding tert-OH is 1. The highest BCUT2D eigenvalue weighted by Gasteiger charge is 2.24. The van der Waals surface area contributed by atoms with Gasteiger partial charge in [-0.05, 0) is 25.1 Å². The van der Waals surface area contributed by atoms with Crippen LogP contribution >= 0.6 is 0 Å². The Labute approximate surface area is 111 Å². The highest BCUT2D eigenvalue weighted by molar-refractivity contribution is 7.89. The lowest BCUT2D eigenvalue weighted by atomic mass is 10.1. The molecular weight excluding hydrogens is 270 g/mol. The summed E-state index contributed by atoms with van der Waals surface area (Å²) in [5, 5.41) is 27.0. The molecule has 0 fully saturated rings. The molecule has 7 nitrogen and oxygen atoms in total. The van der Waals surface area contributed by atoms with Gasteiger partial charge in [-0.1, -0.05) is 0 Å². The standard InChI is InChI=1S/C11H15N3O4S/c1-11(16,7-15)6-14-19(17,18)10-3-2-8(5-12)4-9(10)13/h2-4,14-16H,6-7,13H2,1H3. The molecule has 0 spiro atoms. The van der Waals surface area contributed by atoms with Gasteiger partial charge >= 0.3 is 0 Å². The molecule has 1 atom stereocenters. The van der Waals surface area contributed by atoms with E-state index < -0.39 is 22.2 Å². The summed E-state index contributed by atoms with van der Waals surface area (Å²) in [6, 6.07) is 5.63. The molecule has 1 rings (SSSR count). The summed E-state index contributed by atoms with van der Waals surface area (Å²) < 4.78 is 26.0. The van der Waals surface area contributed by atoms with E-state index in [4.69, 9.17) is 16.1 Å². The van der Waals surface area contributed by atoms with Crippen LogP contribution in [0.5, 0.6) is 0 Å². The smallest absolute Gasteiger partial charge is 0.242 e. The maximum Gasteiger partial charge on any atom is 0.242 e. The maximum absolute atomic E-state index is 11.9. The quantitative estimate of drug-likeness (QED) is 0.521. The number of nitrogen functional groups attached to an aromatic ring is 1. The molecule has 8 heteroatoms. The summed E-state index contributed by atoms with van der Waals surface area (Å²) >= 11 is 0. The van der Waals surface area contributed by atoms with Gasteiger partial charge in [-0.3, -0.25) is 0 Å². The van der Waals surface area contributed by atoms with Crippen LogP contribution in [0.2, 0.25) is 0 Å². The molecule has 104 valence electrons. The molecule has 0 saturated carbocycles. The van der Waals surface area contributed by atoms with Crippen LogP contribution in [0.1, 0.15) is 12.5 Å². The Morgan fingerprint density at radius 1 is 1.53 bits per heavy atom. The summed E-state index contributed by atoms with van der Waals surface area (Å²) in [5.74, 6) is 0. The number of nitriles is 1. The van der Waals surface area contributed by atoms with Gasteiger partial charge in [-0.15, -0.1) is 0 Å². The number of hydrogen-bond acceptors (Lipinski definition) is 6. The van der Waals surface area contributed by atoms with Gasteiger partial charge in [-0.2, -0.15) is 5.26 Å². The lowest BCUT2D eigenvalue weighted by Gasteiger charge is -2.20. The second kappa shape index (κ2) is 5.54. The van der Waals surface area contributed by atoms with Crippen molar-refractivity contribution in [3.8, 4) is 6.07 Å². The van der Waals surface area contributed by atoms with E-state index in [0.29, 0.717) is 0 Å². The average Bonchev–Trinajstić information content (AvgIpc) is 2.36. The lowest BCUT2D eigenvalue weighted by Crippen LogP contribution is -2.43. The summed E-state index contributed by atoms with van der Waals surface area (Å²) in [7, 11) is -3.91. The van der Waals surface area contributed by atoms with E-state index in [1.54, 1.807) is 0 Å². The fraction of sp³-hybridized carbons (Fsp3) is 0.364. The van der Waals surface area contributed by atoms with Crippen molar-refractivity contribution in [1.29, 1.82) is 5.26 Å². The first-order valence-corrected chi connectivity index (χ1v) is 6.83. The maximum atomic E-state index is 11.9. The predicted octanol–water partition coefficient (Wildman–Crippen LogP) is -0.838. The summed E-state index contributed by atoms with van der Waals surface area (Å²) in [5.41, 5.74) is 4.20. The second-order valence-corrected chi connectivity index (χ2v) is 6.08. The number of sulfonamides is 1. The van der Waals surface area contributed by atoms with Crippen LogP contribution in [-0.4, -0.2) is 37.4 Å². The van der Waals surface area contributed by atoms with Crippen LogP contribution in [-0.2, 0) is 10.0 Å². The Balaban J connectivity index is 2.99. The number of anilines is 1. The van der Waals surface area contributed by atoms with E-state index in [0.717, 1.165) is 0 Å². The van der Waals surface area contributed by atoms with E-state index in [9.17, 15) is 13.5 Å². The second-order valence-electron chi connectivity index (χ2n) is 4.34. The van der Waals surface area contributed by atoms with Crippen molar-refractivity contribution in [3.63, 3.8) is 0 Å². The Bertz CT molecular complexity index is 605. The van der Waals surface area contributed by atoms with Gasteiger partial charge in [0.25, 0.3) is 0 Å². The first-order chi connectivity index (χ1) is 8.72. The van der Waals surface area contributed by atoms with Crippen LogP contribution in [0.15, 0.2) is 23.1 Å². The third kappa shape index (κ3) is 3.90. The number of nitrogens with zero attached hydrogens (tertiary/aromatic N) is 1. The molecule has 5 N–H and O–H groups in total. The van der Waals surface area contributed by atoms with Gasteiger partial charge in [0.2, 0.25) is 10.0 Å². The molecule has 1 unspecified atom stereocenters. The van der Waals surface area contributed by atoms with Crippen LogP contribution in [0.3, 0.4) is 0 Å². The predicted molar refractivity (Wildman–Crippen MR) is 68.5 cm³/mol. The Kier molecular flexibility index (Phi) is 4.49. The molecule has 0 heterocycles. The van der Waals surface area contributed by atoms with Crippen molar-refractivity contribution in [1.82, 2.24) is 4.72 Å². The van der Waals surface area contributed by atoms with E-state index >= 15 is 0 Å². The highest BCUT2D eigenvalue weighted by atomic mass is 32.2. The number of rotatable bonds is 5. The van der Waals surface area contributed by atoms with E-state index in [1.165, 1.54) is 25.1 Å². The van der Waals surface area contributed by atoms with Crippen LogP contribution < -0.4 is 10.5 Å². The van der Waals surface area contributed by atoms with Crippen molar-refractivity contribution in [3.05, 3.63) is 23.8 Å². The lowest BCUT2D eigenvalue weighted by molar-refractivity contribution is 0.00681. The van der Waals surface area contributed by atoms with Gasteiger partial charge in [0, 0.05) is 6.54 Å². The number of aliphatic hydroxyl groups is 2. The average molecular weight is 285 g/mol. The zero-order valence-electron chi connectivity index (χ0n) is 10.3. The molecule has 0 bridgehead atoms. The first-order valence-electron chi connectivity index (χ1n) is 5.34. The molecule has 0 radical (unpaired) electrons. The van der Waals surface area contributed by atoms with Gasteiger partial charge in [-0.25, -0.2) is 13.1 Å². The van der Waals surface area contributed by atoms with Gasteiger partial charge in [0.05, 0.1) is 29.5 Å². The highest BCUT2D eigenvalue weighted by Crippen LogP contribution is 2.19. The van der Waals surface area contributed by atoms with Crippen molar-refractivity contribution in [2.24, 2.45) is 0 Å². The monoisotopic (exact) mass is 285 g/mol. The molecule has 19 heavy (non-hydrogen) atoms. The molecule has 1 aromatic carbocycles. The zero-order chi connectivity index (χ0) is 14.7. The Morgan fingerprint density at radius 2 is 2.16 bits per heavy atom. The molecule has 0 aliphatic carbocycles. The molecule has 0 amide bonds. The van der Waals surface area contributed by atoms with E-state index in [2.05, 4.69) is 4.72 Å². The van der Waals surface area contributed by atoms with Crippen LogP contribution in [0.4, 0.5) is 5.69 Å². The minimum atomic E-state index is -3.91. The van der Waals surface area contributed by atoms with Gasteiger partial charge in [0.1, 0.15) is 4.90 Å². The molecule has 1 aromatic rings. The topological polar surface area (TPSA) is 136 Å². The fourth-order valence-electron chi connectivity index (χ4n) is 1.25. The molecule has 0 aromatic heterocycles. The molecule has 0 saturated heterocycles. The number of nitrogens with two attached hydrogens (primary N) is 1. The van der Waals surface area contributed by atoms with Gasteiger partial charge < -0.3 is 15.9 Å². The molecule has 0 aliphatic rings. The van der Waals surface area contributed by atoms with Crippen LogP contribution in [0.25, 0.3) is 0 Å². The SMILES string of the molecule is CC(O)(CO)CNS(=O)(=O)c1ccc(C#N)cc1N. The Morgan fingerprint density at radius 3 is 2.63 bits per heavy atom. The van der Waals surface area contributed by atoms with Crippen LogP contribution in [0, 0.1) is 11.3 Å². The normalized spacial score (nSPS) is 14.6. The largest absolute Gasteiger partial charge is 0.398 e. The van der Waals surface area contributed by atoms with Crippen molar-refractivity contribution < 1.29 is 18.6 Å². The van der Waals surface area contributed by atoms with Gasteiger partial charge in [0.15, 0.2) is 0 Å². The van der Waals surface area contributed by atoms with Crippen molar-refractivity contribution in [2.75, 3.05) is 18.9 Å². The Hall–Kier alpha value is -1.66. The third-order valence-electron chi connectivity index (χ3n) is 2.41. The third-order valence-corrected chi connectivity index (χ3v) is 3.89. The van der Waals surface area contributed by atoms with Crippen molar-refractivity contribution in [2.45, 2.75) is 17.4 Å². The van der Waals surface area contributed by atoms with E-state index in [-0.39, 0.29) is 22.7 Å². The number of benzene rings is 1. The molecule has 0 aliphatic heterocycles. The first kappa shape index (κ1) is 15.4. The van der Waals surface area contributed by atoms with Crippen molar-refractivity contribution >= 4 is 15.7 Å². The minimum Gasteiger partial charge on any atom is -0.398 e. The number of nitrogens with one attached hydrogen (secondary N) is 1. The summed E-state index contributed by atoms with van der Waals surface area (Å²) in [4.78, 5) is -0.180. The fourth-order valence-corrected chi connectivity index (χ4v) is 2.52. The zero-order valence-corrected chi connectivity index (χ0v) is 11.1. The van der Waals surface area contributed by atoms with E-state index in [1.807, 2.05) is 6.07 Å².